The molecule has 0 fully saturated rings. The maximum Gasteiger partial charge on any atom is 0.417 e. The molecule has 0 saturated carbocycles. The van der Waals surface area contributed by atoms with Crippen LogP contribution in [0, 0.1) is 9.39 Å². The highest BCUT2D eigenvalue weighted by Gasteiger charge is 2.39. The Hall–Kier alpha value is -2.01. The molecule has 22 heavy (non-hydrogen) atoms. The van der Waals surface area contributed by atoms with Crippen molar-refractivity contribution in [3.8, 4) is 0 Å². The first-order valence-corrected chi connectivity index (χ1v) is 7.29. The van der Waals surface area contributed by atoms with Crippen LogP contribution in [-0.4, -0.2) is 28.6 Å². The number of amides is 1. The number of halogens is 3. The van der Waals surface area contributed by atoms with Crippen LogP contribution in [0.3, 0.4) is 0 Å². The van der Waals surface area contributed by atoms with Crippen molar-refractivity contribution in [2.75, 3.05) is 6.67 Å². The molecule has 1 aromatic rings. The van der Waals surface area contributed by atoms with Gasteiger partial charge in [0.2, 0.25) is 5.83 Å². The zero-order valence-corrected chi connectivity index (χ0v) is 13.1. The van der Waals surface area contributed by atoms with E-state index in [2.05, 4.69) is 10.3 Å². The van der Waals surface area contributed by atoms with Gasteiger partial charge in [-0.2, -0.15) is 4.39 Å². The first kappa shape index (κ1) is 14.9. The summed E-state index contributed by atoms with van der Waals surface area (Å²) in [5.41, 5.74) is -0.119. The molecular weight excluding hydrogens is 409 g/mol. The summed E-state index contributed by atoms with van der Waals surface area (Å²) >= 11 is 1.93. The SMILES string of the molecule is O=C(O)N1C[NH+]2C=CNC2=C(F)C1=Nc1ccc(I)cc1F. The van der Waals surface area contributed by atoms with Crippen LogP contribution in [-0.2, 0) is 0 Å². The van der Waals surface area contributed by atoms with Crippen LogP contribution in [0.25, 0.3) is 0 Å². The fourth-order valence-corrected chi connectivity index (χ4v) is 2.62. The van der Waals surface area contributed by atoms with E-state index in [1.807, 2.05) is 22.6 Å². The molecule has 0 spiro atoms. The second kappa shape index (κ2) is 5.65. The Morgan fingerprint density at radius 1 is 1.45 bits per heavy atom. The maximum atomic E-state index is 14.5. The molecule has 1 atom stereocenters. The quantitative estimate of drug-likeness (QED) is 0.605. The second-order valence-electron chi connectivity index (χ2n) is 4.59. The third-order valence-corrected chi connectivity index (χ3v) is 3.87. The van der Waals surface area contributed by atoms with Gasteiger partial charge in [0, 0.05) is 3.57 Å². The molecule has 114 valence electrons. The van der Waals surface area contributed by atoms with Crippen molar-refractivity contribution in [2.45, 2.75) is 0 Å². The third-order valence-electron chi connectivity index (χ3n) is 3.20. The Bertz CT molecular complexity index is 748. The molecule has 0 aliphatic carbocycles. The number of hydrogen-bond donors (Lipinski definition) is 3. The summed E-state index contributed by atoms with van der Waals surface area (Å²) in [5.74, 6) is -1.73. The highest BCUT2D eigenvalue weighted by Crippen LogP contribution is 2.23. The van der Waals surface area contributed by atoms with Crippen molar-refractivity contribution >= 4 is 40.2 Å². The van der Waals surface area contributed by atoms with Gasteiger partial charge in [0.15, 0.2) is 12.5 Å². The van der Waals surface area contributed by atoms with E-state index >= 15 is 0 Å². The van der Waals surface area contributed by atoms with Crippen molar-refractivity contribution in [1.29, 1.82) is 0 Å². The molecule has 3 rings (SSSR count). The average molecular weight is 419 g/mol. The fraction of sp³-hybridized carbons (Fsp3) is 0.0769. The van der Waals surface area contributed by atoms with E-state index in [9.17, 15) is 18.7 Å². The number of nitrogens with zero attached hydrogens (tertiary/aromatic N) is 2. The monoisotopic (exact) mass is 419 g/mol. The lowest BCUT2D eigenvalue weighted by molar-refractivity contribution is -0.814. The molecule has 1 amide bonds. The zero-order valence-electron chi connectivity index (χ0n) is 11.0. The average Bonchev–Trinajstić information content (AvgIpc) is 2.92. The number of aliphatic imine (C=N–C) groups is 1. The number of nitrogens with one attached hydrogen (secondary N) is 2. The molecule has 1 unspecified atom stereocenters. The van der Waals surface area contributed by atoms with Crippen molar-refractivity contribution in [2.24, 2.45) is 4.99 Å². The highest BCUT2D eigenvalue weighted by atomic mass is 127. The molecule has 0 aromatic heterocycles. The van der Waals surface area contributed by atoms with Crippen LogP contribution < -0.4 is 10.2 Å². The summed E-state index contributed by atoms with van der Waals surface area (Å²) in [6.45, 7) is -0.0492. The summed E-state index contributed by atoms with van der Waals surface area (Å²) < 4.78 is 29.0. The van der Waals surface area contributed by atoms with E-state index in [0.717, 1.165) is 4.90 Å². The van der Waals surface area contributed by atoms with Gasteiger partial charge in [-0.25, -0.2) is 24.0 Å². The van der Waals surface area contributed by atoms with E-state index in [1.54, 1.807) is 12.3 Å². The number of fused-ring (bicyclic) bond motifs is 1. The third kappa shape index (κ3) is 2.57. The molecule has 0 bridgehead atoms. The fourth-order valence-electron chi connectivity index (χ4n) is 2.17. The Morgan fingerprint density at radius 3 is 2.91 bits per heavy atom. The smallest absolute Gasteiger partial charge is 0.417 e. The molecule has 2 heterocycles. The van der Waals surface area contributed by atoms with Crippen molar-refractivity contribution in [1.82, 2.24) is 10.2 Å². The van der Waals surface area contributed by atoms with E-state index < -0.39 is 23.6 Å². The summed E-state index contributed by atoms with van der Waals surface area (Å²) in [5, 5.41) is 11.9. The highest BCUT2D eigenvalue weighted by molar-refractivity contribution is 14.1. The summed E-state index contributed by atoms with van der Waals surface area (Å²) in [6.07, 6.45) is 1.75. The predicted molar refractivity (Wildman–Crippen MR) is 82.3 cm³/mol. The number of quaternary nitrogens is 1. The van der Waals surface area contributed by atoms with Gasteiger partial charge in [0.25, 0.3) is 5.82 Å². The first-order chi connectivity index (χ1) is 10.5. The van der Waals surface area contributed by atoms with E-state index in [-0.39, 0.29) is 18.2 Å². The minimum Gasteiger partial charge on any atom is -0.464 e. The lowest BCUT2D eigenvalue weighted by Gasteiger charge is -2.27. The van der Waals surface area contributed by atoms with E-state index in [4.69, 9.17) is 0 Å². The topological polar surface area (TPSA) is 69.4 Å². The summed E-state index contributed by atoms with van der Waals surface area (Å²) in [6, 6.07) is 4.22. The number of hydrogen-bond acceptors (Lipinski definition) is 3. The van der Waals surface area contributed by atoms with Gasteiger partial charge < -0.3 is 10.4 Å². The number of carboxylic acid groups (broad SMARTS) is 1. The Labute approximate surface area is 137 Å². The Kier molecular flexibility index (Phi) is 3.83. The summed E-state index contributed by atoms with van der Waals surface area (Å²) in [4.78, 5) is 16.5. The van der Waals surface area contributed by atoms with Crippen LogP contribution in [0.2, 0.25) is 0 Å². The van der Waals surface area contributed by atoms with E-state index in [0.29, 0.717) is 8.47 Å². The molecular formula is C13H10F2IN4O2+. The van der Waals surface area contributed by atoms with Gasteiger partial charge in [0.1, 0.15) is 17.7 Å². The minimum atomic E-state index is -1.35. The maximum absolute atomic E-state index is 14.5. The van der Waals surface area contributed by atoms with Crippen LogP contribution in [0.1, 0.15) is 0 Å². The van der Waals surface area contributed by atoms with Crippen LogP contribution in [0.5, 0.6) is 0 Å². The molecule has 3 N–H and O–H groups in total. The number of benzene rings is 1. The molecule has 6 nitrogen and oxygen atoms in total. The van der Waals surface area contributed by atoms with Crippen LogP contribution in [0.15, 0.2) is 47.2 Å². The zero-order chi connectivity index (χ0) is 15.9. The van der Waals surface area contributed by atoms with Crippen LogP contribution in [0.4, 0.5) is 19.3 Å². The largest absolute Gasteiger partial charge is 0.464 e. The molecule has 2 aliphatic heterocycles. The van der Waals surface area contributed by atoms with Gasteiger partial charge in [0.05, 0.1) is 6.20 Å². The lowest BCUT2D eigenvalue weighted by atomic mass is 10.3. The molecule has 1 aromatic carbocycles. The van der Waals surface area contributed by atoms with Gasteiger partial charge in [-0.1, -0.05) is 0 Å². The minimum absolute atomic E-state index is 0.0492. The van der Waals surface area contributed by atoms with Crippen molar-refractivity contribution in [3.05, 3.63) is 51.6 Å². The van der Waals surface area contributed by atoms with Crippen molar-refractivity contribution in [3.63, 3.8) is 0 Å². The molecule has 0 saturated heterocycles. The normalized spacial score (nSPS) is 22.0. The van der Waals surface area contributed by atoms with Gasteiger partial charge in [-0.3, -0.25) is 0 Å². The number of amidine groups is 1. The van der Waals surface area contributed by atoms with E-state index in [1.165, 1.54) is 18.3 Å². The van der Waals surface area contributed by atoms with Gasteiger partial charge >= 0.3 is 6.09 Å². The Morgan fingerprint density at radius 2 is 2.23 bits per heavy atom. The first-order valence-electron chi connectivity index (χ1n) is 6.21. The van der Waals surface area contributed by atoms with Gasteiger partial charge in [-0.15, -0.1) is 0 Å². The lowest BCUT2D eigenvalue weighted by Crippen LogP contribution is -3.08. The number of carbonyl (C=O) groups is 1. The van der Waals surface area contributed by atoms with Crippen LogP contribution >= 0.6 is 22.6 Å². The second-order valence-corrected chi connectivity index (χ2v) is 5.84. The predicted octanol–water partition coefficient (Wildman–Crippen LogP) is 1.51. The van der Waals surface area contributed by atoms with Gasteiger partial charge in [-0.05, 0) is 40.8 Å². The molecule has 0 radical (unpaired) electrons. The molecule has 9 heteroatoms. The Balaban J connectivity index is 2.10. The van der Waals surface area contributed by atoms with Crippen molar-refractivity contribution < 1.29 is 23.6 Å². The molecule has 2 aliphatic rings. The standard InChI is InChI=1S/C13H9F2IN4O2/c14-8-5-7(16)1-2-9(8)18-12-10(15)11-17-3-4-19(11)6-20(12)13(21)22/h1-5,17H,6H2,(H,21,22)/p+1. The summed E-state index contributed by atoms with van der Waals surface area (Å²) in [7, 11) is 0. The number of rotatable bonds is 1.